The summed E-state index contributed by atoms with van der Waals surface area (Å²) in [6.45, 7) is 4.07. The van der Waals surface area contributed by atoms with Gasteiger partial charge in [-0.2, -0.15) is 16.3 Å². The van der Waals surface area contributed by atoms with E-state index in [4.69, 9.17) is 10.3 Å². The van der Waals surface area contributed by atoms with Gasteiger partial charge in [0.2, 0.25) is 17.7 Å². The summed E-state index contributed by atoms with van der Waals surface area (Å²) in [5, 5.41) is 16.7. The van der Waals surface area contributed by atoms with E-state index in [0.29, 0.717) is 23.4 Å². The molecule has 0 spiro atoms. The van der Waals surface area contributed by atoms with Crippen molar-refractivity contribution in [2.45, 2.75) is 30.8 Å². The van der Waals surface area contributed by atoms with E-state index in [0.717, 1.165) is 10.7 Å². The summed E-state index contributed by atoms with van der Waals surface area (Å²) < 4.78 is 7.13. The minimum absolute atomic E-state index is 0.201. The van der Waals surface area contributed by atoms with Gasteiger partial charge in [-0.25, -0.2) is 0 Å². The van der Waals surface area contributed by atoms with Crippen LogP contribution in [-0.2, 0) is 5.75 Å². The normalized spacial score (nSPS) is 11.4. The Balaban J connectivity index is 1.71. The Kier molecular flexibility index (Phi) is 3.93. The highest BCUT2D eigenvalue weighted by molar-refractivity contribution is 7.98. The van der Waals surface area contributed by atoms with E-state index in [1.54, 1.807) is 11.3 Å². The molecule has 0 aromatic carbocycles. The molecule has 0 amide bonds. The zero-order valence-corrected chi connectivity index (χ0v) is 13.2. The van der Waals surface area contributed by atoms with Gasteiger partial charge in [-0.3, -0.25) is 4.57 Å². The molecule has 0 fully saturated rings. The van der Waals surface area contributed by atoms with Gasteiger partial charge in [0.15, 0.2) is 5.16 Å². The summed E-state index contributed by atoms with van der Waals surface area (Å²) in [6, 6.07) is 2.16. The molecule has 7 nitrogen and oxygen atoms in total. The lowest BCUT2D eigenvalue weighted by molar-refractivity contribution is 0.391. The van der Waals surface area contributed by atoms with Crippen molar-refractivity contribution in [2.75, 3.05) is 5.73 Å². The molecular weight excluding hydrogens is 308 g/mol. The molecule has 3 aromatic rings. The summed E-state index contributed by atoms with van der Waals surface area (Å²) in [6.07, 6.45) is 0. The Labute approximate surface area is 129 Å². The average Bonchev–Trinajstić information content (AvgIpc) is 3.16. The highest BCUT2D eigenvalue weighted by atomic mass is 32.2. The molecule has 0 bridgehead atoms. The molecular formula is C12H14N6OS2. The topological polar surface area (TPSA) is 95.7 Å². The maximum absolute atomic E-state index is 5.81. The first-order valence-electron chi connectivity index (χ1n) is 6.33. The first-order valence-corrected chi connectivity index (χ1v) is 8.26. The molecule has 9 heteroatoms. The Hall–Kier alpha value is -1.87. The smallest absolute Gasteiger partial charge is 0.237 e. The third-order valence-electron chi connectivity index (χ3n) is 2.78. The van der Waals surface area contributed by atoms with Gasteiger partial charge in [0.05, 0.1) is 5.75 Å². The number of nitrogen functional groups attached to an aromatic ring is 1. The van der Waals surface area contributed by atoms with Gasteiger partial charge in [-0.05, 0) is 25.3 Å². The quantitative estimate of drug-likeness (QED) is 0.721. The number of hydrogen-bond donors (Lipinski definition) is 1. The van der Waals surface area contributed by atoms with Gasteiger partial charge in [0.25, 0.3) is 0 Å². The lowest BCUT2D eigenvalue weighted by Crippen LogP contribution is -2.07. The third kappa shape index (κ3) is 2.93. The highest BCUT2D eigenvalue weighted by Gasteiger charge is 2.15. The van der Waals surface area contributed by atoms with Crippen LogP contribution in [0, 0.1) is 0 Å². The molecule has 2 N–H and O–H groups in total. The van der Waals surface area contributed by atoms with Gasteiger partial charge in [-0.1, -0.05) is 16.9 Å². The summed E-state index contributed by atoms with van der Waals surface area (Å²) in [4.78, 5) is 4.37. The lowest BCUT2D eigenvalue weighted by Gasteiger charge is -2.10. The van der Waals surface area contributed by atoms with Crippen LogP contribution in [0.4, 0.5) is 5.95 Å². The Morgan fingerprint density at radius 3 is 3.00 bits per heavy atom. The predicted octanol–water partition coefficient (Wildman–Crippen LogP) is 2.85. The van der Waals surface area contributed by atoms with Crippen molar-refractivity contribution < 1.29 is 4.52 Å². The largest absolute Gasteiger partial charge is 0.368 e. The molecule has 0 saturated carbocycles. The van der Waals surface area contributed by atoms with Crippen LogP contribution < -0.4 is 5.73 Å². The fraction of sp³-hybridized carbons (Fsp3) is 0.333. The summed E-state index contributed by atoms with van der Waals surface area (Å²) >= 11 is 3.08. The van der Waals surface area contributed by atoms with Gasteiger partial charge >= 0.3 is 0 Å². The molecule has 3 rings (SSSR count). The van der Waals surface area contributed by atoms with Crippen LogP contribution in [0.3, 0.4) is 0 Å². The van der Waals surface area contributed by atoms with Crippen molar-refractivity contribution in [1.29, 1.82) is 0 Å². The first kappa shape index (κ1) is 14.1. The Bertz CT molecular complexity index is 718. The van der Waals surface area contributed by atoms with E-state index in [1.165, 1.54) is 11.8 Å². The second-order valence-electron chi connectivity index (χ2n) is 4.62. The maximum Gasteiger partial charge on any atom is 0.237 e. The zero-order chi connectivity index (χ0) is 14.8. The molecule has 21 heavy (non-hydrogen) atoms. The van der Waals surface area contributed by atoms with E-state index in [2.05, 4.69) is 20.3 Å². The van der Waals surface area contributed by atoms with E-state index in [9.17, 15) is 0 Å². The Morgan fingerprint density at radius 1 is 1.43 bits per heavy atom. The number of nitrogens with zero attached hydrogens (tertiary/aromatic N) is 5. The van der Waals surface area contributed by atoms with Crippen LogP contribution >= 0.6 is 23.1 Å². The van der Waals surface area contributed by atoms with Crippen molar-refractivity contribution in [3.8, 4) is 11.4 Å². The number of rotatable bonds is 5. The van der Waals surface area contributed by atoms with Crippen LogP contribution in [0.15, 0.2) is 26.5 Å². The second kappa shape index (κ2) is 5.86. The number of thiophene rings is 1. The minimum Gasteiger partial charge on any atom is -0.368 e. The molecule has 3 aromatic heterocycles. The standard InChI is InChI=1S/C12H14N6OS2/c1-7(2)18-11(13)15-16-12(18)21-6-9-14-10(17-19-9)8-3-4-20-5-8/h3-5,7H,6H2,1-2H3,(H2,13,15). The average molecular weight is 322 g/mol. The monoisotopic (exact) mass is 322 g/mol. The van der Waals surface area contributed by atoms with E-state index < -0.39 is 0 Å². The molecule has 0 aliphatic rings. The van der Waals surface area contributed by atoms with Crippen molar-refractivity contribution in [3.63, 3.8) is 0 Å². The molecule has 0 saturated heterocycles. The molecule has 110 valence electrons. The molecule has 0 aliphatic carbocycles. The second-order valence-corrected chi connectivity index (χ2v) is 6.34. The van der Waals surface area contributed by atoms with Gasteiger partial charge in [-0.15, -0.1) is 10.2 Å². The fourth-order valence-corrected chi connectivity index (χ4v) is 3.37. The third-order valence-corrected chi connectivity index (χ3v) is 4.39. The van der Waals surface area contributed by atoms with Crippen LogP contribution in [0.25, 0.3) is 11.4 Å². The first-order chi connectivity index (χ1) is 10.1. The van der Waals surface area contributed by atoms with Crippen LogP contribution in [0.1, 0.15) is 25.8 Å². The zero-order valence-electron chi connectivity index (χ0n) is 11.6. The predicted molar refractivity (Wildman–Crippen MR) is 82.0 cm³/mol. The number of hydrogen-bond acceptors (Lipinski definition) is 8. The minimum atomic E-state index is 0.201. The van der Waals surface area contributed by atoms with Crippen molar-refractivity contribution in [3.05, 3.63) is 22.7 Å². The van der Waals surface area contributed by atoms with E-state index in [1.807, 2.05) is 35.2 Å². The van der Waals surface area contributed by atoms with Crippen LogP contribution in [-0.4, -0.2) is 24.9 Å². The van der Waals surface area contributed by atoms with Gasteiger partial charge in [0.1, 0.15) is 0 Å². The van der Waals surface area contributed by atoms with Crippen LogP contribution in [0.5, 0.6) is 0 Å². The van der Waals surface area contributed by atoms with Crippen molar-refractivity contribution in [1.82, 2.24) is 24.9 Å². The van der Waals surface area contributed by atoms with Crippen molar-refractivity contribution >= 4 is 29.0 Å². The molecule has 0 radical (unpaired) electrons. The van der Waals surface area contributed by atoms with E-state index >= 15 is 0 Å². The molecule has 0 aliphatic heterocycles. The SMILES string of the molecule is CC(C)n1c(N)nnc1SCc1nc(-c2ccsc2)no1. The van der Waals surface area contributed by atoms with Crippen LogP contribution in [0.2, 0.25) is 0 Å². The summed E-state index contributed by atoms with van der Waals surface area (Å²) in [7, 11) is 0. The summed E-state index contributed by atoms with van der Waals surface area (Å²) in [5.41, 5.74) is 6.77. The molecule has 0 atom stereocenters. The number of anilines is 1. The Morgan fingerprint density at radius 2 is 2.29 bits per heavy atom. The maximum atomic E-state index is 5.81. The highest BCUT2D eigenvalue weighted by Crippen LogP contribution is 2.26. The summed E-state index contributed by atoms with van der Waals surface area (Å²) in [5.74, 6) is 2.11. The molecule has 0 unspecified atom stereocenters. The molecule has 3 heterocycles. The number of thioether (sulfide) groups is 1. The van der Waals surface area contributed by atoms with Gasteiger partial charge < -0.3 is 10.3 Å². The lowest BCUT2D eigenvalue weighted by atomic mass is 10.3. The fourth-order valence-electron chi connectivity index (χ4n) is 1.82. The van der Waals surface area contributed by atoms with Crippen molar-refractivity contribution in [2.24, 2.45) is 0 Å². The van der Waals surface area contributed by atoms with Gasteiger partial charge in [0, 0.05) is 17.0 Å². The number of aromatic nitrogens is 5. The van der Waals surface area contributed by atoms with E-state index in [-0.39, 0.29) is 6.04 Å². The number of nitrogens with two attached hydrogens (primary N) is 1.